The zero-order valence-corrected chi connectivity index (χ0v) is 15.0. The second kappa shape index (κ2) is 8.86. The minimum absolute atomic E-state index is 0.0269. The van der Waals surface area contributed by atoms with Crippen LogP contribution in [0.4, 0.5) is 0 Å². The van der Waals surface area contributed by atoms with Crippen molar-refractivity contribution in [2.75, 3.05) is 0 Å². The van der Waals surface area contributed by atoms with Gasteiger partial charge in [-0.25, -0.2) is 0 Å². The lowest BCUT2D eigenvalue weighted by Crippen LogP contribution is -2.34. The average Bonchev–Trinajstić information content (AvgIpc) is 2.69. The monoisotopic (exact) mass is 345 g/mol. The van der Waals surface area contributed by atoms with Gasteiger partial charge in [-0.1, -0.05) is 78.9 Å². The Labute approximate surface area is 154 Å². The van der Waals surface area contributed by atoms with Crippen LogP contribution in [-0.4, -0.2) is 11.0 Å². The Morgan fingerprint density at radius 1 is 0.808 bits per heavy atom. The van der Waals surface area contributed by atoms with Crippen molar-refractivity contribution >= 4 is 5.91 Å². The first-order valence-corrected chi connectivity index (χ1v) is 8.84. The maximum Gasteiger partial charge on any atom is 0.255 e. The normalized spacial score (nSPS) is 10.3. The fourth-order valence-corrected chi connectivity index (χ4v) is 2.72. The molecule has 0 bridgehead atoms. The van der Waals surface area contributed by atoms with Crippen molar-refractivity contribution in [1.82, 2.24) is 5.06 Å². The van der Waals surface area contributed by atoms with Gasteiger partial charge in [-0.2, -0.15) is 5.06 Å². The van der Waals surface area contributed by atoms with E-state index >= 15 is 0 Å². The molecule has 3 aromatic rings. The topological polar surface area (TPSA) is 29.5 Å². The highest BCUT2D eigenvalue weighted by molar-refractivity contribution is 5.75. The lowest BCUT2D eigenvalue weighted by Gasteiger charge is -2.23. The molecule has 0 unspecified atom stereocenters. The fourth-order valence-electron chi connectivity index (χ4n) is 2.72. The lowest BCUT2D eigenvalue weighted by atomic mass is 10.1. The average molecular weight is 345 g/mol. The van der Waals surface area contributed by atoms with Crippen molar-refractivity contribution < 1.29 is 9.63 Å². The van der Waals surface area contributed by atoms with Crippen molar-refractivity contribution in [2.24, 2.45) is 0 Å². The Kier molecular flexibility index (Phi) is 6.05. The first-order chi connectivity index (χ1) is 12.7. The highest BCUT2D eigenvalue weighted by Gasteiger charge is 2.17. The molecule has 0 radical (unpaired) electrons. The van der Waals surface area contributed by atoms with E-state index in [2.05, 4.69) is 0 Å². The molecule has 26 heavy (non-hydrogen) atoms. The Morgan fingerprint density at radius 2 is 1.38 bits per heavy atom. The molecule has 0 aliphatic rings. The molecule has 0 fully saturated rings. The summed E-state index contributed by atoms with van der Waals surface area (Å²) in [5.41, 5.74) is 3.19. The number of aryl methyl sites for hydroxylation is 2. The Hall–Kier alpha value is -3.07. The maximum atomic E-state index is 12.8. The molecule has 0 N–H and O–H groups in total. The van der Waals surface area contributed by atoms with Gasteiger partial charge in [-0.3, -0.25) is 4.79 Å². The second-order valence-electron chi connectivity index (χ2n) is 6.26. The number of hydroxylamine groups is 2. The van der Waals surface area contributed by atoms with Crippen LogP contribution in [0.15, 0.2) is 84.9 Å². The summed E-state index contributed by atoms with van der Waals surface area (Å²) in [5.74, 6) is 0.678. The molecule has 0 aliphatic carbocycles. The fraction of sp³-hybridized carbons (Fsp3) is 0.174. The van der Waals surface area contributed by atoms with E-state index in [1.165, 1.54) is 5.06 Å². The molecule has 3 aromatic carbocycles. The summed E-state index contributed by atoms with van der Waals surface area (Å²) in [5, 5.41) is 1.47. The van der Waals surface area contributed by atoms with Crippen molar-refractivity contribution in [3.63, 3.8) is 0 Å². The van der Waals surface area contributed by atoms with Crippen molar-refractivity contribution in [3.8, 4) is 5.75 Å². The van der Waals surface area contributed by atoms with Gasteiger partial charge in [0.15, 0.2) is 5.75 Å². The van der Waals surface area contributed by atoms with Gasteiger partial charge < -0.3 is 4.84 Å². The van der Waals surface area contributed by atoms with E-state index in [0.29, 0.717) is 25.1 Å². The lowest BCUT2D eigenvalue weighted by molar-refractivity contribution is -0.159. The molecule has 132 valence electrons. The Balaban J connectivity index is 1.73. The zero-order valence-electron chi connectivity index (χ0n) is 15.0. The van der Waals surface area contributed by atoms with Crippen LogP contribution < -0.4 is 4.84 Å². The van der Waals surface area contributed by atoms with Gasteiger partial charge >= 0.3 is 0 Å². The predicted octanol–water partition coefficient (Wildman–Crippen LogP) is 4.95. The number of benzene rings is 3. The molecule has 0 spiro atoms. The molecule has 3 heteroatoms. The van der Waals surface area contributed by atoms with Crippen LogP contribution in [0.25, 0.3) is 0 Å². The minimum atomic E-state index is -0.0269. The van der Waals surface area contributed by atoms with Crippen LogP contribution >= 0.6 is 0 Å². The number of carbonyl (C=O) groups excluding carboxylic acids is 1. The van der Waals surface area contributed by atoms with Gasteiger partial charge in [-0.15, -0.1) is 0 Å². The summed E-state index contributed by atoms with van der Waals surface area (Å²) in [4.78, 5) is 18.8. The highest BCUT2D eigenvalue weighted by Crippen LogP contribution is 2.19. The van der Waals surface area contributed by atoms with Crippen LogP contribution in [0.3, 0.4) is 0 Å². The molecule has 3 rings (SSSR count). The van der Waals surface area contributed by atoms with Gasteiger partial charge in [-0.05, 0) is 36.1 Å². The number of hydrogen-bond acceptors (Lipinski definition) is 2. The Morgan fingerprint density at radius 3 is 2.04 bits per heavy atom. The molecule has 0 aliphatic heterocycles. The third-order valence-corrected chi connectivity index (χ3v) is 4.22. The van der Waals surface area contributed by atoms with Crippen molar-refractivity contribution in [1.29, 1.82) is 0 Å². The molecule has 1 amide bonds. The number of amides is 1. The number of hydrogen-bond donors (Lipinski definition) is 0. The van der Waals surface area contributed by atoms with Crippen molar-refractivity contribution in [2.45, 2.75) is 26.3 Å². The molecule has 3 nitrogen and oxygen atoms in total. The van der Waals surface area contributed by atoms with Gasteiger partial charge in [0.1, 0.15) is 0 Å². The largest absolute Gasteiger partial charge is 0.376 e. The van der Waals surface area contributed by atoms with E-state index in [1.807, 2.05) is 91.9 Å². The standard InChI is InChI=1S/C23H23NO2/c1-19-10-8-9-15-22(19)26-24(18-21-13-6-3-7-14-21)23(25)17-16-20-11-4-2-5-12-20/h2-15H,16-18H2,1H3. The van der Waals surface area contributed by atoms with Crippen LogP contribution in [-0.2, 0) is 17.8 Å². The van der Waals surface area contributed by atoms with E-state index in [9.17, 15) is 4.79 Å². The number of carbonyl (C=O) groups is 1. The molecule has 0 heterocycles. The third kappa shape index (κ3) is 4.96. The SMILES string of the molecule is Cc1ccccc1ON(Cc1ccccc1)C(=O)CCc1ccccc1. The van der Waals surface area contributed by atoms with Gasteiger partial charge in [0.05, 0.1) is 6.54 Å². The van der Waals surface area contributed by atoms with E-state index in [4.69, 9.17) is 4.84 Å². The van der Waals surface area contributed by atoms with Crippen molar-refractivity contribution in [3.05, 3.63) is 102 Å². The number of rotatable bonds is 7. The summed E-state index contributed by atoms with van der Waals surface area (Å²) >= 11 is 0. The summed E-state index contributed by atoms with van der Waals surface area (Å²) < 4.78 is 0. The summed E-state index contributed by atoms with van der Waals surface area (Å²) in [7, 11) is 0. The molecular weight excluding hydrogens is 322 g/mol. The molecule has 0 aromatic heterocycles. The minimum Gasteiger partial charge on any atom is -0.376 e. The number of nitrogens with zero attached hydrogens (tertiary/aromatic N) is 1. The third-order valence-electron chi connectivity index (χ3n) is 4.22. The predicted molar refractivity (Wildman–Crippen MR) is 104 cm³/mol. The van der Waals surface area contributed by atoms with Gasteiger partial charge in [0, 0.05) is 6.42 Å². The number of para-hydroxylation sites is 1. The van der Waals surface area contributed by atoms with Crippen LogP contribution in [0.5, 0.6) is 5.75 Å². The summed E-state index contributed by atoms with van der Waals surface area (Å²) in [6.07, 6.45) is 1.10. The quantitative estimate of drug-likeness (QED) is 0.567. The van der Waals surface area contributed by atoms with E-state index in [0.717, 1.165) is 16.7 Å². The van der Waals surface area contributed by atoms with E-state index in [-0.39, 0.29) is 5.91 Å². The second-order valence-corrected chi connectivity index (χ2v) is 6.26. The van der Waals surface area contributed by atoms with Gasteiger partial charge in [0.2, 0.25) is 0 Å². The van der Waals surface area contributed by atoms with Gasteiger partial charge in [0.25, 0.3) is 5.91 Å². The zero-order chi connectivity index (χ0) is 18.2. The molecular formula is C23H23NO2. The smallest absolute Gasteiger partial charge is 0.255 e. The first kappa shape index (κ1) is 17.7. The van der Waals surface area contributed by atoms with Crippen LogP contribution in [0.1, 0.15) is 23.1 Å². The van der Waals surface area contributed by atoms with E-state index < -0.39 is 0 Å². The summed E-state index contributed by atoms with van der Waals surface area (Å²) in [6.45, 7) is 2.40. The highest BCUT2D eigenvalue weighted by atomic mass is 16.7. The Bertz CT molecular complexity index is 831. The van der Waals surface area contributed by atoms with E-state index in [1.54, 1.807) is 0 Å². The summed E-state index contributed by atoms with van der Waals surface area (Å²) in [6, 6.07) is 27.7. The first-order valence-electron chi connectivity index (χ1n) is 8.84. The van der Waals surface area contributed by atoms with Crippen LogP contribution in [0.2, 0.25) is 0 Å². The molecule has 0 saturated heterocycles. The van der Waals surface area contributed by atoms with Crippen LogP contribution in [0, 0.1) is 6.92 Å². The molecule has 0 atom stereocenters. The maximum absolute atomic E-state index is 12.8. The molecule has 0 saturated carbocycles.